The van der Waals surface area contributed by atoms with Gasteiger partial charge < -0.3 is 5.32 Å². The second kappa shape index (κ2) is 6.92. The average Bonchev–Trinajstić information content (AvgIpc) is 2.96. The summed E-state index contributed by atoms with van der Waals surface area (Å²) in [5.41, 5.74) is 0.246. The minimum atomic E-state index is -3.73. The van der Waals surface area contributed by atoms with Crippen molar-refractivity contribution < 1.29 is 18.0 Å². The highest BCUT2D eigenvalue weighted by Gasteiger charge is 2.41. The Bertz CT molecular complexity index is 941. The number of benzene rings is 2. The summed E-state index contributed by atoms with van der Waals surface area (Å²) in [6, 6.07) is 12.8. The molecule has 1 aliphatic rings. The molecular formula is C19H20N2O4S. The fourth-order valence-electron chi connectivity index (χ4n) is 2.89. The first-order chi connectivity index (χ1) is 12.4. The lowest BCUT2D eigenvalue weighted by Gasteiger charge is -2.16. The first-order valence-electron chi connectivity index (χ1n) is 8.41. The van der Waals surface area contributed by atoms with Gasteiger partial charge in [0.1, 0.15) is 6.04 Å². The molecule has 2 aromatic carbocycles. The van der Waals surface area contributed by atoms with E-state index in [1.54, 1.807) is 24.3 Å². The van der Waals surface area contributed by atoms with E-state index in [2.05, 4.69) is 5.32 Å². The summed E-state index contributed by atoms with van der Waals surface area (Å²) < 4.78 is 25.6. The van der Waals surface area contributed by atoms with Gasteiger partial charge in [-0.15, -0.1) is 0 Å². The normalized spacial score (nSPS) is 18.7. The van der Waals surface area contributed by atoms with Gasteiger partial charge in [0, 0.05) is 0 Å². The molecule has 0 bridgehead atoms. The van der Waals surface area contributed by atoms with E-state index in [-0.39, 0.29) is 27.3 Å². The maximum absolute atomic E-state index is 12.8. The standard InChI is InChI=1S/C19H20N2O4S/c1-3-13(2)17-18(22)21(19(23)20-17)14-8-7-11-16(12-14)26(24,25)15-9-5-4-6-10-15/h4-13,17H,3H2,1-2H3,(H,20,23)/t13-,17-/m0/s1. The van der Waals surface area contributed by atoms with E-state index in [1.165, 1.54) is 30.3 Å². The topological polar surface area (TPSA) is 83.6 Å². The van der Waals surface area contributed by atoms with Crippen LogP contribution in [0.3, 0.4) is 0 Å². The van der Waals surface area contributed by atoms with Gasteiger partial charge in [0.25, 0.3) is 5.91 Å². The number of amides is 3. The Morgan fingerprint density at radius 2 is 1.69 bits per heavy atom. The van der Waals surface area contributed by atoms with Crippen LogP contribution < -0.4 is 10.2 Å². The van der Waals surface area contributed by atoms with E-state index in [9.17, 15) is 18.0 Å². The van der Waals surface area contributed by atoms with E-state index in [1.807, 2.05) is 13.8 Å². The molecule has 6 nitrogen and oxygen atoms in total. The smallest absolute Gasteiger partial charge is 0.325 e. The predicted octanol–water partition coefficient (Wildman–Crippen LogP) is 2.99. The molecule has 136 valence electrons. The molecule has 1 heterocycles. The van der Waals surface area contributed by atoms with Crippen LogP contribution >= 0.6 is 0 Å². The van der Waals surface area contributed by atoms with Crippen molar-refractivity contribution in [1.29, 1.82) is 0 Å². The van der Waals surface area contributed by atoms with Gasteiger partial charge in [0.05, 0.1) is 15.5 Å². The van der Waals surface area contributed by atoms with Crippen LogP contribution in [0.2, 0.25) is 0 Å². The van der Waals surface area contributed by atoms with E-state index in [0.717, 1.165) is 11.3 Å². The van der Waals surface area contributed by atoms with E-state index < -0.39 is 21.9 Å². The largest absolute Gasteiger partial charge is 0.329 e. The molecular weight excluding hydrogens is 352 g/mol. The Morgan fingerprint density at radius 1 is 1.04 bits per heavy atom. The van der Waals surface area contributed by atoms with E-state index in [4.69, 9.17) is 0 Å². The molecule has 2 atom stereocenters. The lowest BCUT2D eigenvalue weighted by molar-refractivity contribution is -0.119. The molecule has 1 saturated heterocycles. The third-order valence-corrected chi connectivity index (χ3v) is 6.39. The van der Waals surface area contributed by atoms with Gasteiger partial charge >= 0.3 is 6.03 Å². The molecule has 0 radical (unpaired) electrons. The molecule has 0 aromatic heterocycles. The number of urea groups is 1. The fourth-order valence-corrected chi connectivity index (χ4v) is 4.21. The number of nitrogens with one attached hydrogen (secondary N) is 1. The molecule has 7 heteroatoms. The van der Waals surface area contributed by atoms with Gasteiger partial charge in [-0.1, -0.05) is 44.5 Å². The van der Waals surface area contributed by atoms with Crippen LogP contribution in [0.5, 0.6) is 0 Å². The van der Waals surface area contributed by atoms with Crippen molar-refractivity contribution in [3.05, 3.63) is 54.6 Å². The van der Waals surface area contributed by atoms with Crippen molar-refractivity contribution in [2.45, 2.75) is 36.1 Å². The number of hydrogen-bond acceptors (Lipinski definition) is 4. The summed E-state index contributed by atoms with van der Waals surface area (Å²) in [4.78, 5) is 26.1. The Kier molecular flexibility index (Phi) is 4.82. The number of sulfone groups is 1. The molecule has 26 heavy (non-hydrogen) atoms. The molecule has 1 fully saturated rings. The van der Waals surface area contributed by atoms with Crippen LogP contribution in [0.15, 0.2) is 64.4 Å². The third kappa shape index (κ3) is 3.10. The van der Waals surface area contributed by atoms with Gasteiger partial charge in [-0.2, -0.15) is 0 Å². The van der Waals surface area contributed by atoms with Crippen LogP contribution in [0, 0.1) is 5.92 Å². The Morgan fingerprint density at radius 3 is 2.35 bits per heavy atom. The highest BCUT2D eigenvalue weighted by Crippen LogP contribution is 2.28. The fraction of sp³-hybridized carbons (Fsp3) is 0.263. The van der Waals surface area contributed by atoms with Crippen LogP contribution in [-0.2, 0) is 14.6 Å². The van der Waals surface area contributed by atoms with Gasteiger partial charge in [-0.25, -0.2) is 18.1 Å². The van der Waals surface area contributed by atoms with Gasteiger partial charge in [0.15, 0.2) is 0 Å². The van der Waals surface area contributed by atoms with E-state index in [0.29, 0.717) is 0 Å². The number of hydrogen-bond donors (Lipinski definition) is 1. The minimum Gasteiger partial charge on any atom is -0.325 e. The SMILES string of the molecule is CC[C@H](C)[C@@H]1NC(=O)N(c2cccc(S(=O)(=O)c3ccccc3)c2)C1=O. The van der Waals surface area contributed by atoms with Crippen LogP contribution in [0.4, 0.5) is 10.5 Å². The molecule has 0 saturated carbocycles. The van der Waals surface area contributed by atoms with Crippen molar-refractivity contribution in [3.8, 4) is 0 Å². The lowest BCUT2D eigenvalue weighted by atomic mass is 9.99. The predicted molar refractivity (Wildman–Crippen MR) is 97.6 cm³/mol. The quantitative estimate of drug-likeness (QED) is 0.818. The second-order valence-corrected chi connectivity index (χ2v) is 8.25. The average molecular weight is 372 g/mol. The first-order valence-corrected chi connectivity index (χ1v) is 9.89. The highest BCUT2D eigenvalue weighted by atomic mass is 32.2. The zero-order valence-corrected chi connectivity index (χ0v) is 15.4. The first kappa shape index (κ1) is 18.1. The zero-order chi connectivity index (χ0) is 18.9. The van der Waals surface area contributed by atoms with Crippen LogP contribution in [0.25, 0.3) is 0 Å². The molecule has 1 aliphatic heterocycles. The zero-order valence-electron chi connectivity index (χ0n) is 14.5. The molecule has 1 N–H and O–H groups in total. The van der Waals surface area contributed by atoms with Gasteiger partial charge in [-0.3, -0.25) is 4.79 Å². The highest BCUT2D eigenvalue weighted by molar-refractivity contribution is 7.91. The van der Waals surface area contributed by atoms with Crippen molar-refractivity contribution >= 4 is 27.5 Å². The van der Waals surface area contributed by atoms with Gasteiger partial charge in [0.2, 0.25) is 9.84 Å². The maximum Gasteiger partial charge on any atom is 0.329 e. The second-order valence-electron chi connectivity index (χ2n) is 6.30. The van der Waals surface area contributed by atoms with E-state index >= 15 is 0 Å². The lowest BCUT2D eigenvalue weighted by Crippen LogP contribution is -2.35. The van der Waals surface area contributed by atoms with Crippen molar-refractivity contribution in [2.75, 3.05) is 4.90 Å². The summed E-state index contributed by atoms with van der Waals surface area (Å²) >= 11 is 0. The van der Waals surface area contributed by atoms with Crippen LogP contribution in [-0.4, -0.2) is 26.4 Å². The molecule has 3 rings (SSSR count). The Hall–Kier alpha value is -2.67. The number of anilines is 1. The van der Waals surface area contributed by atoms with Gasteiger partial charge in [-0.05, 0) is 36.2 Å². The van der Waals surface area contributed by atoms with Crippen molar-refractivity contribution in [1.82, 2.24) is 5.32 Å². The Labute approximate surface area is 152 Å². The summed E-state index contributed by atoms with van der Waals surface area (Å²) in [5.74, 6) is -0.369. The number of carbonyl (C=O) groups excluding carboxylic acids is 2. The maximum atomic E-state index is 12.8. The number of rotatable bonds is 5. The van der Waals surface area contributed by atoms with Crippen LogP contribution in [0.1, 0.15) is 20.3 Å². The Balaban J connectivity index is 1.98. The molecule has 2 aromatic rings. The minimum absolute atomic E-state index is 0.00677. The van der Waals surface area contributed by atoms with Crippen molar-refractivity contribution in [2.24, 2.45) is 5.92 Å². The molecule has 0 unspecified atom stereocenters. The summed E-state index contributed by atoms with van der Waals surface area (Å²) in [5, 5.41) is 2.68. The van der Waals surface area contributed by atoms with Crippen molar-refractivity contribution in [3.63, 3.8) is 0 Å². The number of nitrogens with zero attached hydrogens (tertiary/aromatic N) is 1. The monoisotopic (exact) mass is 372 g/mol. The summed E-state index contributed by atoms with van der Waals surface area (Å²) in [7, 11) is -3.73. The third-order valence-electron chi connectivity index (χ3n) is 4.62. The summed E-state index contributed by atoms with van der Waals surface area (Å²) in [6.07, 6.45) is 0.743. The number of carbonyl (C=O) groups is 2. The molecule has 0 spiro atoms. The summed E-state index contributed by atoms with van der Waals surface area (Å²) in [6.45, 7) is 3.84. The molecule has 0 aliphatic carbocycles. The molecule has 3 amide bonds. The number of imide groups is 1.